The van der Waals surface area contributed by atoms with Gasteiger partial charge in [0.1, 0.15) is 9.84 Å². The third-order valence-corrected chi connectivity index (χ3v) is 6.34. The van der Waals surface area contributed by atoms with Crippen LogP contribution in [0.4, 0.5) is 0 Å². The zero-order valence-electron chi connectivity index (χ0n) is 11.1. The molecule has 2 fully saturated rings. The van der Waals surface area contributed by atoms with Gasteiger partial charge in [-0.05, 0) is 53.7 Å². The van der Waals surface area contributed by atoms with Crippen molar-refractivity contribution in [1.29, 1.82) is 0 Å². The number of nitrogens with zero attached hydrogens (tertiary/aromatic N) is 1. The lowest BCUT2D eigenvalue weighted by molar-refractivity contribution is 0.0564. The predicted octanol–water partition coefficient (Wildman–Crippen LogP) is 2.22. The molecule has 0 N–H and O–H groups in total. The van der Waals surface area contributed by atoms with E-state index in [1.807, 2.05) is 4.90 Å². The Morgan fingerprint density at radius 1 is 1.30 bits per heavy atom. The highest BCUT2D eigenvalue weighted by Gasteiger charge is 2.46. The van der Waals surface area contributed by atoms with E-state index < -0.39 is 9.84 Å². The van der Waals surface area contributed by atoms with E-state index in [9.17, 15) is 13.2 Å². The molecule has 2 unspecified atom stereocenters. The molecule has 2 aliphatic rings. The number of piperidine rings is 1. The average Bonchev–Trinajstić information content (AvgIpc) is 2.89. The minimum atomic E-state index is -3.03. The predicted molar refractivity (Wildman–Crippen MR) is 77.3 cm³/mol. The van der Waals surface area contributed by atoms with Crippen molar-refractivity contribution in [3.8, 4) is 0 Å². The van der Waals surface area contributed by atoms with E-state index in [1.54, 1.807) is 12.1 Å². The van der Waals surface area contributed by atoms with E-state index in [1.165, 1.54) is 6.26 Å². The number of furan rings is 1. The van der Waals surface area contributed by atoms with Crippen molar-refractivity contribution >= 4 is 31.7 Å². The topological polar surface area (TPSA) is 67.6 Å². The molecule has 3 heterocycles. The van der Waals surface area contributed by atoms with Crippen LogP contribution in [0.1, 0.15) is 36.2 Å². The summed E-state index contributed by atoms with van der Waals surface area (Å²) in [6.45, 7) is 0. The van der Waals surface area contributed by atoms with Crippen LogP contribution in [0, 0.1) is 0 Å². The highest BCUT2D eigenvalue weighted by atomic mass is 79.9. The largest absolute Gasteiger partial charge is 0.444 e. The van der Waals surface area contributed by atoms with E-state index in [2.05, 4.69) is 15.9 Å². The third kappa shape index (κ3) is 2.41. The van der Waals surface area contributed by atoms with E-state index in [0.29, 0.717) is 23.3 Å². The van der Waals surface area contributed by atoms with Crippen molar-refractivity contribution in [3.63, 3.8) is 0 Å². The number of hydrogen-bond donors (Lipinski definition) is 0. The van der Waals surface area contributed by atoms with Gasteiger partial charge < -0.3 is 9.32 Å². The summed E-state index contributed by atoms with van der Waals surface area (Å²) >= 11 is 3.19. The summed E-state index contributed by atoms with van der Waals surface area (Å²) in [4.78, 5) is 14.3. The molecule has 2 saturated heterocycles. The fourth-order valence-corrected chi connectivity index (χ4v) is 4.81. The van der Waals surface area contributed by atoms with E-state index in [4.69, 9.17) is 4.42 Å². The Hall–Kier alpha value is -0.820. The van der Waals surface area contributed by atoms with E-state index in [-0.39, 0.29) is 23.2 Å². The van der Waals surface area contributed by atoms with Gasteiger partial charge in [-0.2, -0.15) is 0 Å². The van der Waals surface area contributed by atoms with Crippen LogP contribution in [0.3, 0.4) is 0 Å². The van der Waals surface area contributed by atoms with Gasteiger partial charge in [-0.1, -0.05) is 0 Å². The summed E-state index contributed by atoms with van der Waals surface area (Å²) in [5.41, 5.74) is 0. The van der Waals surface area contributed by atoms with Gasteiger partial charge in [0.05, 0.1) is 5.25 Å². The highest BCUT2D eigenvalue weighted by molar-refractivity contribution is 9.10. The first kappa shape index (κ1) is 14.1. The number of amides is 1. The lowest BCUT2D eigenvalue weighted by Crippen LogP contribution is -2.49. The second-order valence-corrected chi connectivity index (χ2v) is 8.73. The summed E-state index contributed by atoms with van der Waals surface area (Å²) in [5.74, 6) is 0.182. The summed E-state index contributed by atoms with van der Waals surface area (Å²) in [5, 5.41) is -0.313. The molecule has 2 atom stereocenters. The first-order valence-corrected chi connectivity index (χ1v) is 9.38. The van der Waals surface area contributed by atoms with Crippen molar-refractivity contribution in [2.24, 2.45) is 0 Å². The zero-order valence-corrected chi connectivity index (χ0v) is 13.5. The van der Waals surface area contributed by atoms with Gasteiger partial charge in [0, 0.05) is 18.3 Å². The molecule has 2 bridgehead atoms. The minimum Gasteiger partial charge on any atom is -0.444 e. The van der Waals surface area contributed by atoms with E-state index in [0.717, 1.165) is 12.8 Å². The van der Waals surface area contributed by atoms with E-state index >= 15 is 0 Å². The summed E-state index contributed by atoms with van der Waals surface area (Å²) < 4.78 is 29.3. The maximum Gasteiger partial charge on any atom is 0.290 e. The fourth-order valence-electron chi connectivity index (χ4n) is 3.36. The SMILES string of the molecule is CS(=O)(=O)C1CC2CCC(C1)N2C(=O)c1ccc(Br)o1. The molecule has 0 radical (unpaired) electrons. The Kier molecular flexibility index (Phi) is 3.44. The van der Waals surface area contributed by atoms with Gasteiger partial charge in [-0.25, -0.2) is 8.42 Å². The van der Waals surface area contributed by atoms with Gasteiger partial charge in [-0.15, -0.1) is 0 Å². The molecule has 1 aromatic heterocycles. The van der Waals surface area contributed by atoms with Gasteiger partial charge >= 0.3 is 0 Å². The Balaban J connectivity index is 1.82. The normalized spacial score (nSPS) is 29.7. The van der Waals surface area contributed by atoms with Crippen LogP contribution < -0.4 is 0 Å². The molecule has 1 amide bonds. The molecule has 0 spiro atoms. The first-order valence-electron chi connectivity index (χ1n) is 6.63. The number of fused-ring (bicyclic) bond motifs is 2. The number of hydrogen-bond acceptors (Lipinski definition) is 4. The Bertz CT molecular complexity index is 625. The lowest BCUT2D eigenvalue weighted by Gasteiger charge is -2.37. The average molecular weight is 362 g/mol. The van der Waals surface area contributed by atoms with Crippen molar-refractivity contribution in [2.75, 3.05) is 6.26 Å². The van der Waals surface area contributed by atoms with Gasteiger partial charge in [0.25, 0.3) is 5.91 Å². The monoisotopic (exact) mass is 361 g/mol. The third-order valence-electron chi connectivity index (χ3n) is 4.31. The van der Waals surface area contributed by atoms with Crippen LogP contribution in [-0.4, -0.2) is 42.8 Å². The second kappa shape index (κ2) is 4.87. The smallest absolute Gasteiger partial charge is 0.290 e. The molecule has 0 saturated carbocycles. The lowest BCUT2D eigenvalue weighted by atomic mass is 10.0. The number of carbonyl (C=O) groups is 1. The molecular formula is C13H16BrNO4S. The molecule has 1 aromatic rings. The van der Waals surface area contributed by atoms with Crippen LogP contribution in [-0.2, 0) is 9.84 Å². The molecule has 20 heavy (non-hydrogen) atoms. The maximum atomic E-state index is 12.5. The van der Waals surface area contributed by atoms with Crippen LogP contribution in [0.25, 0.3) is 0 Å². The molecule has 0 aromatic carbocycles. The van der Waals surface area contributed by atoms with Crippen molar-refractivity contribution in [2.45, 2.75) is 43.0 Å². The number of halogens is 1. The Morgan fingerprint density at radius 3 is 2.35 bits per heavy atom. The molecule has 110 valence electrons. The van der Waals surface area contributed by atoms with Crippen molar-refractivity contribution in [1.82, 2.24) is 4.90 Å². The second-order valence-electron chi connectivity index (χ2n) is 5.62. The van der Waals surface area contributed by atoms with Crippen LogP contribution in [0.2, 0.25) is 0 Å². The fraction of sp³-hybridized carbons (Fsp3) is 0.615. The van der Waals surface area contributed by atoms with Crippen LogP contribution in [0.15, 0.2) is 21.2 Å². The molecule has 5 nitrogen and oxygen atoms in total. The molecule has 3 rings (SSSR count). The first-order chi connectivity index (χ1) is 9.36. The molecule has 7 heteroatoms. The summed E-state index contributed by atoms with van der Waals surface area (Å²) in [6.07, 6.45) is 4.14. The Labute approximate surface area is 126 Å². The zero-order chi connectivity index (χ0) is 14.5. The molecular weight excluding hydrogens is 346 g/mol. The van der Waals surface area contributed by atoms with Crippen molar-refractivity contribution in [3.05, 3.63) is 22.6 Å². The molecule has 0 aliphatic carbocycles. The van der Waals surface area contributed by atoms with Crippen molar-refractivity contribution < 1.29 is 17.6 Å². The molecule has 2 aliphatic heterocycles. The van der Waals surface area contributed by atoms with Gasteiger partial charge in [0.2, 0.25) is 0 Å². The Morgan fingerprint density at radius 2 is 1.90 bits per heavy atom. The van der Waals surface area contributed by atoms with Gasteiger partial charge in [0.15, 0.2) is 10.4 Å². The maximum absolute atomic E-state index is 12.5. The summed E-state index contributed by atoms with van der Waals surface area (Å²) in [7, 11) is -3.03. The van der Waals surface area contributed by atoms with Crippen LogP contribution >= 0.6 is 15.9 Å². The number of rotatable bonds is 2. The highest BCUT2D eigenvalue weighted by Crippen LogP contribution is 2.39. The number of sulfone groups is 1. The quantitative estimate of drug-likeness (QED) is 0.809. The number of carbonyl (C=O) groups excluding carboxylic acids is 1. The standard InChI is InChI=1S/C13H16BrNO4S/c1-20(17,18)10-6-8-2-3-9(7-10)15(8)13(16)11-4-5-12(14)19-11/h4-5,8-10H,2-3,6-7H2,1H3. The van der Waals surface area contributed by atoms with Crippen LogP contribution in [0.5, 0.6) is 0 Å². The minimum absolute atomic E-state index is 0.0184. The van der Waals surface area contributed by atoms with Gasteiger partial charge in [-0.3, -0.25) is 4.79 Å². The summed E-state index contributed by atoms with van der Waals surface area (Å²) in [6, 6.07) is 3.38.